The van der Waals surface area contributed by atoms with Crippen LogP contribution in [0.4, 0.5) is 0 Å². The maximum atomic E-state index is 13.1. The predicted octanol–water partition coefficient (Wildman–Crippen LogP) is 10.0. The Labute approximate surface area is 425 Å². The summed E-state index contributed by atoms with van der Waals surface area (Å²) in [5.41, 5.74) is 0. The molecule has 11 unspecified atom stereocenters. The van der Waals surface area contributed by atoms with E-state index >= 15 is 0 Å². The zero-order valence-corrected chi connectivity index (χ0v) is 44.5. The van der Waals surface area contributed by atoms with E-state index in [1.165, 1.54) is 186 Å². The van der Waals surface area contributed by atoms with E-state index in [1.54, 1.807) is 0 Å². The summed E-state index contributed by atoms with van der Waals surface area (Å²) in [6.45, 7) is 3.75. The molecule has 2 aliphatic heterocycles. The Kier molecular flexibility index (Phi) is 41.2. The van der Waals surface area contributed by atoms with E-state index in [0.717, 1.165) is 44.9 Å². The monoisotopic (exact) mass is 1000 g/mol. The zero-order valence-electron chi connectivity index (χ0n) is 44.5. The molecule has 14 nitrogen and oxygen atoms in total. The average Bonchev–Trinajstić information content (AvgIpc) is 3.36. The molecule has 0 aromatic rings. The molecule has 2 fully saturated rings. The van der Waals surface area contributed by atoms with Gasteiger partial charge in [0, 0.05) is 13.0 Å². The first-order chi connectivity index (χ1) is 34.1. The van der Waals surface area contributed by atoms with Crippen molar-refractivity contribution in [1.82, 2.24) is 0 Å². The van der Waals surface area contributed by atoms with E-state index in [2.05, 4.69) is 13.8 Å². The van der Waals surface area contributed by atoms with Gasteiger partial charge >= 0.3 is 5.97 Å². The summed E-state index contributed by atoms with van der Waals surface area (Å²) in [7, 11) is 0. The number of hydrogen-bond acceptors (Lipinski definition) is 14. The van der Waals surface area contributed by atoms with E-state index in [4.69, 9.17) is 28.4 Å². The minimum Gasteiger partial charge on any atom is -0.457 e. The van der Waals surface area contributed by atoms with Crippen molar-refractivity contribution < 1.29 is 69.0 Å². The SMILES string of the molecule is CCCCCCCCCCCCCCCCCCCCCCCCCC(=O)OC(COCCCCCCCCCCCCCCC)COC1OC(COC2OC(CO)C(O)C(O)C2O)C(O)C(O)C1O. The quantitative estimate of drug-likeness (QED) is 0.0223. The Morgan fingerprint density at radius 1 is 0.414 bits per heavy atom. The first-order valence-corrected chi connectivity index (χ1v) is 29.1. The number of aliphatic hydroxyl groups excluding tert-OH is 7. The highest BCUT2D eigenvalue weighted by molar-refractivity contribution is 5.69. The largest absolute Gasteiger partial charge is 0.457 e. The van der Waals surface area contributed by atoms with Gasteiger partial charge in [-0.25, -0.2) is 0 Å². The zero-order chi connectivity index (χ0) is 50.9. The maximum absolute atomic E-state index is 13.1. The molecule has 0 radical (unpaired) electrons. The van der Waals surface area contributed by atoms with Crippen molar-refractivity contribution in [2.24, 2.45) is 0 Å². The van der Waals surface area contributed by atoms with Gasteiger partial charge in [-0.1, -0.05) is 232 Å². The number of esters is 1. The number of hydrogen-bond donors (Lipinski definition) is 7. The minimum absolute atomic E-state index is 0.0705. The van der Waals surface area contributed by atoms with Gasteiger partial charge in [-0.15, -0.1) is 0 Å². The Morgan fingerprint density at radius 2 is 0.757 bits per heavy atom. The molecular weight excluding hydrogens is 897 g/mol. The first-order valence-electron chi connectivity index (χ1n) is 29.1. The molecule has 2 heterocycles. The highest BCUT2D eigenvalue weighted by Crippen LogP contribution is 2.27. The summed E-state index contributed by atoms with van der Waals surface area (Å²) >= 11 is 0. The van der Waals surface area contributed by atoms with Crippen molar-refractivity contribution in [1.29, 1.82) is 0 Å². The number of ether oxygens (including phenoxy) is 6. The molecule has 11 atom stereocenters. The Hall–Kier alpha value is -1.01. The highest BCUT2D eigenvalue weighted by Gasteiger charge is 2.47. The summed E-state index contributed by atoms with van der Waals surface area (Å²) in [6, 6.07) is 0. The summed E-state index contributed by atoms with van der Waals surface area (Å²) in [5, 5.41) is 72.2. The molecule has 0 bridgehead atoms. The standard InChI is InChI=1S/C56H108O14/c1-3-5-7-9-11-13-15-17-18-19-20-21-22-23-24-25-26-27-29-31-33-35-37-39-48(58)68-45(42-65-40-38-36-34-32-30-28-16-14-12-10-8-6-4-2)43-66-55-54(64)52(62)50(60)47(70-55)44-67-56-53(63)51(61)49(59)46(41-57)69-56/h45-47,49-57,59-64H,3-44H2,1-2H3. The van der Waals surface area contributed by atoms with Crippen LogP contribution in [0.15, 0.2) is 0 Å². The lowest BCUT2D eigenvalue weighted by molar-refractivity contribution is -0.332. The van der Waals surface area contributed by atoms with Gasteiger partial charge in [-0.2, -0.15) is 0 Å². The van der Waals surface area contributed by atoms with Crippen LogP contribution >= 0.6 is 0 Å². The number of aliphatic hydroxyl groups is 7. The number of rotatable bonds is 48. The molecule has 0 spiro atoms. The summed E-state index contributed by atoms with van der Waals surface area (Å²) in [4.78, 5) is 13.1. The van der Waals surface area contributed by atoms with E-state index in [9.17, 15) is 40.5 Å². The molecule has 2 saturated heterocycles. The number of carbonyl (C=O) groups is 1. The van der Waals surface area contributed by atoms with Gasteiger partial charge in [0.25, 0.3) is 0 Å². The van der Waals surface area contributed by atoms with Crippen molar-refractivity contribution in [2.45, 2.75) is 319 Å². The van der Waals surface area contributed by atoms with Crippen molar-refractivity contribution in [2.75, 3.05) is 33.0 Å². The van der Waals surface area contributed by atoms with Crippen LogP contribution in [0.1, 0.15) is 251 Å². The lowest BCUT2D eigenvalue weighted by Crippen LogP contribution is -2.61. The lowest BCUT2D eigenvalue weighted by Gasteiger charge is -2.42. The van der Waals surface area contributed by atoms with Crippen molar-refractivity contribution in [3.8, 4) is 0 Å². The van der Waals surface area contributed by atoms with Crippen LogP contribution < -0.4 is 0 Å². The third kappa shape index (κ3) is 31.0. The first kappa shape index (κ1) is 65.1. The van der Waals surface area contributed by atoms with Crippen LogP contribution in [0.3, 0.4) is 0 Å². The topological polar surface area (TPSA) is 214 Å². The Morgan fingerprint density at radius 3 is 1.16 bits per heavy atom. The summed E-state index contributed by atoms with van der Waals surface area (Å²) < 4.78 is 34.4. The molecule has 14 heteroatoms. The van der Waals surface area contributed by atoms with Crippen molar-refractivity contribution in [3.63, 3.8) is 0 Å². The minimum atomic E-state index is -1.70. The second kappa shape index (κ2) is 44.3. The lowest BCUT2D eigenvalue weighted by atomic mass is 9.98. The molecule has 416 valence electrons. The molecule has 0 saturated carbocycles. The summed E-state index contributed by atoms with van der Waals surface area (Å²) in [6.07, 6.45) is 30.3. The second-order valence-electron chi connectivity index (χ2n) is 20.8. The van der Waals surface area contributed by atoms with Crippen LogP contribution in [-0.2, 0) is 33.2 Å². The van der Waals surface area contributed by atoms with Gasteiger partial charge in [-0.05, 0) is 12.8 Å². The van der Waals surface area contributed by atoms with Crippen LogP contribution in [0, 0.1) is 0 Å². The smallest absolute Gasteiger partial charge is 0.306 e. The fourth-order valence-corrected chi connectivity index (χ4v) is 9.64. The van der Waals surface area contributed by atoms with Gasteiger partial charge in [0.05, 0.1) is 26.4 Å². The Balaban J connectivity index is 1.68. The molecule has 70 heavy (non-hydrogen) atoms. The molecule has 7 N–H and O–H groups in total. The second-order valence-corrected chi connectivity index (χ2v) is 20.8. The van der Waals surface area contributed by atoms with E-state index in [1.807, 2.05) is 0 Å². The van der Waals surface area contributed by atoms with E-state index in [-0.39, 0.29) is 25.6 Å². The number of carbonyl (C=O) groups excluding carboxylic acids is 1. The normalized spacial score (nSPS) is 25.4. The van der Waals surface area contributed by atoms with Gasteiger partial charge in [0.1, 0.15) is 54.9 Å². The molecule has 0 aromatic carbocycles. The van der Waals surface area contributed by atoms with Crippen LogP contribution in [0.5, 0.6) is 0 Å². The van der Waals surface area contributed by atoms with Crippen LogP contribution in [0.25, 0.3) is 0 Å². The van der Waals surface area contributed by atoms with Crippen LogP contribution in [0.2, 0.25) is 0 Å². The number of unbranched alkanes of at least 4 members (excludes halogenated alkanes) is 34. The maximum Gasteiger partial charge on any atom is 0.306 e. The molecule has 0 aliphatic carbocycles. The Bertz CT molecular complexity index is 1170. The molecular formula is C56H108O14. The summed E-state index contributed by atoms with van der Waals surface area (Å²) in [5.74, 6) is -0.368. The molecule has 2 rings (SSSR count). The van der Waals surface area contributed by atoms with Crippen molar-refractivity contribution in [3.05, 3.63) is 0 Å². The van der Waals surface area contributed by atoms with Gasteiger partial charge in [-0.3, -0.25) is 4.79 Å². The third-order valence-electron chi connectivity index (χ3n) is 14.4. The fraction of sp³-hybridized carbons (Fsp3) is 0.982. The van der Waals surface area contributed by atoms with Gasteiger partial charge < -0.3 is 64.2 Å². The fourth-order valence-electron chi connectivity index (χ4n) is 9.64. The van der Waals surface area contributed by atoms with E-state index in [0.29, 0.717) is 6.61 Å². The highest BCUT2D eigenvalue weighted by atomic mass is 16.7. The van der Waals surface area contributed by atoms with E-state index < -0.39 is 80.7 Å². The third-order valence-corrected chi connectivity index (χ3v) is 14.4. The molecule has 0 aromatic heterocycles. The van der Waals surface area contributed by atoms with Crippen LogP contribution in [-0.4, -0.2) is 142 Å². The van der Waals surface area contributed by atoms with Crippen molar-refractivity contribution >= 4 is 5.97 Å². The van der Waals surface area contributed by atoms with Gasteiger partial charge in [0.2, 0.25) is 0 Å². The molecule has 0 amide bonds. The molecule has 2 aliphatic rings. The van der Waals surface area contributed by atoms with Gasteiger partial charge in [0.15, 0.2) is 12.6 Å². The average molecular weight is 1010 g/mol. The predicted molar refractivity (Wildman–Crippen MR) is 275 cm³/mol.